The molecule has 0 bridgehead atoms. The second-order valence-corrected chi connectivity index (χ2v) is 7.78. The minimum atomic E-state index is -0.470. The third kappa shape index (κ3) is 6.85. The number of amides is 1. The molecule has 34 heavy (non-hydrogen) atoms. The first-order valence-corrected chi connectivity index (χ1v) is 10.7. The maximum Gasteiger partial charge on any atom is 0.228 e. The molecule has 0 unspecified atom stereocenters. The fourth-order valence-corrected chi connectivity index (χ4v) is 3.16. The molecule has 0 spiro atoms. The molecule has 2 aromatic heterocycles. The Kier molecular flexibility index (Phi) is 8.26. The minimum absolute atomic E-state index is 0.0837. The number of benzene rings is 1. The van der Waals surface area contributed by atoms with Gasteiger partial charge in [-0.25, -0.2) is 14.4 Å². The number of halogens is 1. The number of aromatic nitrogens is 3. The van der Waals surface area contributed by atoms with Crippen LogP contribution in [0.1, 0.15) is 18.1 Å². The van der Waals surface area contributed by atoms with E-state index in [0.717, 1.165) is 17.7 Å². The van der Waals surface area contributed by atoms with E-state index >= 15 is 0 Å². The Labute approximate surface area is 198 Å². The predicted molar refractivity (Wildman–Crippen MR) is 132 cm³/mol. The summed E-state index contributed by atoms with van der Waals surface area (Å²) < 4.78 is 14.7. The summed E-state index contributed by atoms with van der Waals surface area (Å²) in [5.41, 5.74) is 6.61. The van der Waals surface area contributed by atoms with E-state index in [1.807, 2.05) is 38.2 Å². The van der Waals surface area contributed by atoms with Crippen molar-refractivity contribution in [2.75, 3.05) is 24.7 Å². The van der Waals surface area contributed by atoms with Crippen LogP contribution < -0.4 is 10.6 Å². The molecule has 1 aromatic carbocycles. The second kappa shape index (κ2) is 11.5. The van der Waals surface area contributed by atoms with Crippen LogP contribution in [0.15, 0.2) is 79.3 Å². The first-order valence-electron chi connectivity index (χ1n) is 10.7. The third-order valence-electron chi connectivity index (χ3n) is 4.79. The highest BCUT2D eigenvalue weighted by atomic mass is 19.1. The first-order chi connectivity index (χ1) is 16.4. The van der Waals surface area contributed by atoms with Crippen molar-refractivity contribution in [3.8, 4) is 11.1 Å². The molecule has 2 heterocycles. The van der Waals surface area contributed by atoms with Gasteiger partial charge in [0.25, 0.3) is 0 Å². The second-order valence-electron chi connectivity index (χ2n) is 7.78. The van der Waals surface area contributed by atoms with E-state index in [-0.39, 0.29) is 12.3 Å². The van der Waals surface area contributed by atoms with Crippen LogP contribution in [-0.2, 0) is 17.6 Å². The van der Waals surface area contributed by atoms with E-state index in [0.29, 0.717) is 28.3 Å². The zero-order valence-electron chi connectivity index (χ0n) is 19.5. The van der Waals surface area contributed by atoms with Crippen LogP contribution in [0.25, 0.3) is 11.1 Å². The molecule has 2 N–H and O–H groups in total. The lowest BCUT2D eigenvalue weighted by atomic mass is 10.0. The van der Waals surface area contributed by atoms with Crippen molar-refractivity contribution in [3.05, 3.63) is 96.3 Å². The van der Waals surface area contributed by atoms with Gasteiger partial charge >= 0.3 is 0 Å². The smallest absolute Gasteiger partial charge is 0.228 e. The number of nitrogens with one attached hydrogen (secondary N) is 2. The normalized spacial score (nSPS) is 10.9. The van der Waals surface area contributed by atoms with Gasteiger partial charge in [0.2, 0.25) is 11.9 Å². The van der Waals surface area contributed by atoms with Crippen LogP contribution in [0.4, 0.5) is 16.0 Å². The average Bonchev–Trinajstić information content (AvgIpc) is 2.81. The lowest BCUT2D eigenvalue weighted by Gasteiger charge is -2.10. The quantitative estimate of drug-likeness (QED) is 0.361. The molecule has 0 saturated carbocycles. The van der Waals surface area contributed by atoms with E-state index in [1.54, 1.807) is 43.0 Å². The number of carbonyl (C=O) groups is 1. The molecular weight excluding hydrogens is 431 g/mol. The Hall–Kier alpha value is -4.29. The third-order valence-corrected chi connectivity index (χ3v) is 4.79. The number of rotatable bonds is 9. The van der Waals surface area contributed by atoms with Crippen molar-refractivity contribution < 1.29 is 9.18 Å². The zero-order chi connectivity index (χ0) is 24.5. The van der Waals surface area contributed by atoms with Crippen LogP contribution in [0.5, 0.6) is 0 Å². The van der Waals surface area contributed by atoms with Crippen LogP contribution in [0, 0.1) is 5.82 Å². The molecule has 1 amide bonds. The van der Waals surface area contributed by atoms with Gasteiger partial charge in [0, 0.05) is 50.5 Å². The topological polar surface area (TPSA) is 83.0 Å². The summed E-state index contributed by atoms with van der Waals surface area (Å²) >= 11 is 0. The van der Waals surface area contributed by atoms with Crippen molar-refractivity contribution in [1.82, 2.24) is 19.9 Å². The highest BCUT2D eigenvalue weighted by molar-refractivity contribution is 5.92. The van der Waals surface area contributed by atoms with E-state index < -0.39 is 5.82 Å². The monoisotopic (exact) mass is 458 g/mol. The van der Waals surface area contributed by atoms with Crippen LogP contribution in [-0.4, -0.2) is 39.9 Å². The molecule has 8 heteroatoms. The van der Waals surface area contributed by atoms with Crippen LogP contribution in [0.3, 0.4) is 0 Å². The molecule has 174 valence electrons. The Balaban J connectivity index is 1.68. The molecule has 0 aliphatic rings. The number of hydrogen-bond acceptors (Lipinski definition) is 6. The van der Waals surface area contributed by atoms with Gasteiger partial charge in [-0.15, -0.1) is 5.73 Å². The molecule has 0 aliphatic carbocycles. The standard InChI is InChI=1S/C26H27FN6O/c1-5-7-22(17-33(3)4)32-26-29-14-21(15-30-26)19-8-9-20(24(27)11-19)12-25(34)31-23-10-18(6-2)13-28-16-23/h7-11,13-17H,1,6,12H2,2-4H3,(H,31,34)(H,29,30,32)/b22-17+. The summed E-state index contributed by atoms with van der Waals surface area (Å²) in [5, 5.41) is 5.84. The van der Waals surface area contributed by atoms with Gasteiger partial charge < -0.3 is 15.5 Å². The molecule has 0 fully saturated rings. The number of carbonyl (C=O) groups excluding carboxylic acids is 1. The molecule has 0 radical (unpaired) electrons. The van der Waals surface area contributed by atoms with Gasteiger partial charge in [-0.05, 0) is 35.2 Å². The summed E-state index contributed by atoms with van der Waals surface area (Å²) in [5.74, 6) is -0.392. The van der Waals surface area contributed by atoms with Gasteiger partial charge in [-0.3, -0.25) is 9.78 Å². The molecule has 0 saturated heterocycles. The number of nitrogens with zero attached hydrogens (tertiary/aromatic N) is 4. The molecule has 0 aliphatic heterocycles. The highest BCUT2D eigenvalue weighted by Gasteiger charge is 2.11. The SMILES string of the molecule is C=C=C/C(=C\N(C)C)Nc1ncc(-c2ccc(CC(=O)Nc3cncc(CC)c3)c(F)c2)cn1. The highest BCUT2D eigenvalue weighted by Crippen LogP contribution is 2.22. The Morgan fingerprint density at radius 1 is 1.12 bits per heavy atom. The lowest BCUT2D eigenvalue weighted by molar-refractivity contribution is -0.115. The van der Waals surface area contributed by atoms with E-state index in [9.17, 15) is 9.18 Å². The van der Waals surface area contributed by atoms with Crippen molar-refractivity contribution in [1.29, 1.82) is 0 Å². The van der Waals surface area contributed by atoms with Crippen LogP contribution in [0.2, 0.25) is 0 Å². The predicted octanol–water partition coefficient (Wildman–Crippen LogP) is 4.58. The summed E-state index contributed by atoms with van der Waals surface area (Å²) in [7, 11) is 3.79. The fourth-order valence-electron chi connectivity index (χ4n) is 3.16. The molecular formula is C26H27FN6O. The first kappa shape index (κ1) is 24.4. The lowest BCUT2D eigenvalue weighted by Crippen LogP contribution is -2.15. The summed E-state index contributed by atoms with van der Waals surface area (Å²) in [6.07, 6.45) is 10.8. The van der Waals surface area contributed by atoms with Gasteiger partial charge in [0.15, 0.2) is 0 Å². The van der Waals surface area contributed by atoms with Gasteiger partial charge in [-0.1, -0.05) is 25.6 Å². The fraction of sp³-hybridized carbons (Fsp3) is 0.192. The molecule has 0 atom stereocenters. The van der Waals surface area contributed by atoms with Crippen molar-refractivity contribution in [2.24, 2.45) is 0 Å². The van der Waals surface area contributed by atoms with Crippen molar-refractivity contribution in [2.45, 2.75) is 19.8 Å². The maximum absolute atomic E-state index is 14.7. The Morgan fingerprint density at radius 3 is 2.53 bits per heavy atom. The number of aryl methyl sites for hydroxylation is 1. The number of pyridine rings is 1. The summed E-state index contributed by atoms with van der Waals surface area (Å²) in [6.45, 7) is 5.59. The van der Waals surface area contributed by atoms with E-state index in [1.165, 1.54) is 6.07 Å². The Morgan fingerprint density at radius 2 is 1.88 bits per heavy atom. The van der Waals surface area contributed by atoms with Crippen molar-refractivity contribution in [3.63, 3.8) is 0 Å². The Bertz CT molecular complexity index is 1230. The van der Waals surface area contributed by atoms with Gasteiger partial charge in [0.05, 0.1) is 24.0 Å². The zero-order valence-corrected chi connectivity index (χ0v) is 19.5. The number of allylic oxidation sites excluding steroid dienone is 1. The number of anilines is 2. The molecule has 3 rings (SSSR count). The minimum Gasteiger partial charge on any atom is -0.382 e. The van der Waals surface area contributed by atoms with E-state index in [2.05, 4.69) is 37.9 Å². The van der Waals surface area contributed by atoms with Gasteiger partial charge in [0.1, 0.15) is 5.82 Å². The van der Waals surface area contributed by atoms with Gasteiger partial charge in [-0.2, -0.15) is 0 Å². The number of hydrogen-bond donors (Lipinski definition) is 2. The van der Waals surface area contributed by atoms with Crippen molar-refractivity contribution >= 4 is 17.5 Å². The average molecular weight is 459 g/mol. The summed E-state index contributed by atoms with van der Waals surface area (Å²) in [4.78, 5) is 27.0. The largest absolute Gasteiger partial charge is 0.382 e. The van der Waals surface area contributed by atoms with E-state index in [4.69, 9.17) is 0 Å². The summed E-state index contributed by atoms with van der Waals surface area (Å²) in [6, 6.07) is 6.58. The van der Waals surface area contributed by atoms with Crippen LogP contribution >= 0.6 is 0 Å². The maximum atomic E-state index is 14.7. The molecule has 3 aromatic rings. The molecule has 7 nitrogen and oxygen atoms in total.